The van der Waals surface area contributed by atoms with Crippen molar-refractivity contribution in [3.05, 3.63) is 0 Å². The topological polar surface area (TPSA) is 75.6 Å². The van der Waals surface area contributed by atoms with Gasteiger partial charge in [-0.2, -0.15) is 0 Å². The van der Waals surface area contributed by atoms with Crippen molar-refractivity contribution in [1.29, 1.82) is 0 Å². The van der Waals surface area contributed by atoms with E-state index in [1.54, 1.807) is 0 Å². The number of ether oxygens (including phenoxy) is 1. The van der Waals surface area contributed by atoms with E-state index in [0.29, 0.717) is 19.3 Å². The van der Waals surface area contributed by atoms with Crippen LogP contribution in [0.3, 0.4) is 0 Å². The van der Waals surface area contributed by atoms with E-state index in [-0.39, 0.29) is 12.0 Å². The first-order valence-corrected chi connectivity index (χ1v) is 6.50. The lowest BCUT2D eigenvalue weighted by molar-refractivity contribution is -0.142. The van der Waals surface area contributed by atoms with Crippen molar-refractivity contribution in [3.63, 3.8) is 0 Å². The van der Waals surface area contributed by atoms with Crippen LogP contribution in [-0.2, 0) is 9.53 Å². The third-order valence-corrected chi connectivity index (χ3v) is 3.04. The minimum atomic E-state index is -0.729. The summed E-state index contributed by atoms with van der Waals surface area (Å²) >= 11 is 0. The summed E-state index contributed by atoms with van der Waals surface area (Å²) in [5.41, 5.74) is -0.502. The van der Waals surface area contributed by atoms with Crippen molar-refractivity contribution in [2.45, 2.75) is 64.5 Å². The number of carbonyl (C=O) groups excluding carboxylic acids is 1. The Kier molecular flexibility index (Phi) is 4.99. The van der Waals surface area contributed by atoms with Crippen LogP contribution in [0.25, 0.3) is 0 Å². The molecule has 1 amide bonds. The van der Waals surface area contributed by atoms with E-state index >= 15 is 0 Å². The first-order chi connectivity index (χ1) is 8.28. The molecule has 0 aromatic heterocycles. The van der Waals surface area contributed by atoms with Crippen LogP contribution in [-0.4, -0.2) is 28.8 Å². The maximum absolute atomic E-state index is 11.6. The van der Waals surface area contributed by atoms with Gasteiger partial charge in [0, 0.05) is 6.04 Å². The van der Waals surface area contributed by atoms with E-state index in [2.05, 4.69) is 5.32 Å². The number of alkyl carbamates (subject to hydrolysis) is 1. The first-order valence-electron chi connectivity index (χ1n) is 6.50. The van der Waals surface area contributed by atoms with Gasteiger partial charge >= 0.3 is 12.1 Å². The van der Waals surface area contributed by atoms with E-state index in [9.17, 15) is 9.59 Å². The van der Waals surface area contributed by atoms with Crippen LogP contribution in [0.1, 0.15) is 52.9 Å². The van der Waals surface area contributed by atoms with Crippen LogP contribution in [0.5, 0.6) is 0 Å². The van der Waals surface area contributed by atoms with Gasteiger partial charge in [0.05, 0.1) is 5.92 Å². The molecule has 0 bridgehead atoms. The predicted octanol–water partition coefficient (Wildman–Crippen LogP) is 2.54. The number of carbonyl (C=O) groups is 2. The summed E-state index contributed by atoms with van der Waals surface area (Å²) < 4.78 is 5.19. The molecule has 0 aromatic rings. The number of carboxylic acid groups (broad SMARTS) is 1. The van der Waals surface area contributed by atoms with Crippen LogP contribution in [0.2, 0.25) is 0 Å². The minimum Gasteiger partial charge on any atom is -0.481 e. The summed E-state index contributed by atoms with van der Waals surface area (Å²) in [6.07, 6.45) is 3.26. The van der Waals surface area contributed by atoms with Crippen LogP contribution in [0, 0.1) is 5.92 Å². The Hall–Kier alpha value is -1.26. The maximum atomic E-state index is 11.6. The number of nitrogens with one attached hydrogen (secondary N) is 1. The molecule has 5 nitrogen and oxygen atoms in total. The lowest BCUT2D eigenvalue weighted by Gasteiger charge is -2.22. The molecule has 0 unspecified atom stereocenters. The number of aliphatic carboxylic acids is 1. The van der Waals surface area contributed by atoms with Gasteiger partial charge < -0.3 is 15.2 Å². The van der Waals surface area contributed by atoms with Crippen molar-refractivity contribution in [2.75, 3.05) is 0 Å². The summed E-state index contributed by atoms with van der Waals surface area (Å²) in [6, 6.07) is 0.0317. The summed E-state index contributed by atoms with van der Waals surface area (Å²) in [5.74, 6) is -0.997. The maximum Gasteiger partial charge on any atom is 0.407 e. The Morgan fingerprint density at radius 1 is 1.17 bits per heavy atom. The SMILES string of the molecule is CC(C)(C)OC(=O)N[C@H]1CCC[C@H](C(=O)O)CC1. The Balaban J connectivity index is 2.40. The number of hydrogen-bond acceptors (Lipinski definition) is 3. The van der Waals surface area contributed by atoms with E-state index in [0.717, 1.165) is 12.8 Å². The Morgan fingerprint density at radius 2 is 1.83 bits per heavy atom. The fourth-order valence-electron chi connectivity index (χ4n) is 2.17. The van der Waals surface area contributed by atoms with Crippen LogP contribution < -0.4 is 5.32 Å². The lowest BCUT2D eigenvalue weighted by atomic mass is 10.0. The molecule has 1 fully saturated rings. The zero-order valence-electron chi connectivity index (χ0n) is 11.4. The molecule has 18 heavy (non-hydrogen) atoms. The van der Waals surface area contributed by atoms with Gasteiger partial charge in [-0.05, 0) is 46.5 Å². The molecule has 1 aliphatic carbocycles. The number of amides is 1. The minimum absolute atomic E-state index is 0.0317. The van der Waals surface area contributed by atoms with Crippen molar-refractivity contribution >= 4 is 12.1 Å². The average Bonchev–Trinajstić information content (AvgIpc) is 2.40. The Morgan fingerprint density at radius 3 is 2.39 bits per heavy atom. The monoisotopic (exact) mass is 257 g/mol. The molecule has 2 atom stereocenters. The quantitative estimate of drug-likeness (QED) is 0.745. The molecule has 0 spiro atoms. The molecule has 0 heterocycles. The average molecular weight is 257 g/mol. The summed E-state index contributed by atoms with van der Waals surface area (Å²) in [6.45, 7) is 5.46. The zero-order valence-corrected chi connectivity index (χ0v) is 11.4. The summed E-state index contributed by atoms with van der Waals surface area (Å²) in [4.78, 5) is 22.5. The van der Waals surface area contributed by atoms with E-state index < -0.39 is 17.7 Å². The Bertz CT molecular complexity index is 309. The second-order valence-corrected chi connectivity index (χ2v) is 5.89. The van der Waals surface area contributed by atoms with Gasteiger partial charge in [0.1, 0.15) is 5.60 Å². The van der Waals surface area contributed by atoms with Crippen LogP contribution >= 0.6 is 0 Å². The van der Waals surface area contributed by atoms with Gasteiger partial charge in [-0.25, -0.2) is 4.79 Å². The van der Waals surface area contributed by atoms with E-state index in [1.165, 1.54) is 0 Å². The fourth-order valence-corrected chi connectivity index (χ4v) is 2.17. The van der Waals surface area contributed by atoms with Gasteiger partial charge in [0.2, 0.25) is 0 Å². The van der Waals surface area contributed by atoms with Gasteiger partial charge in [-0.15, -0.1) is 0 Å². The highest BCUT2D eigenvalue weighted by atomic mass is 16.6. The molecule has 1 aliphatic rings. The standard InChI is InChI=1S/C13H23NO4/c1-13(2,3)18-12(17)14-10-6-4-5-9(7-8-10)11(15)16/h9-10H,4-8H2,1-3H3,(H,14,17)(H,15,16)/t9-,10-/m0/s1. The highest BCUT2D eigenvalue weighted by molar-refractivity contribution is 5.70. The fraction of sp³-hybridized carbons (Fsp3) is 0.846. The Labute approximate surface area is 108 Å². The molecule has 0 radical (unpaired) electrons. The molecule has 2 N–H and O–H groups in total. The van der Waals surface area contributed by atoms with Crippen LogP contribution in [0.15, 0.2) is 0 Å². The smallest absolute Gasteiger partial charge is 0.407 e. The largest absolute Gasteiger partial charge is 0.481 e. The highest BCUT2D eigenvalue weighted by Gasteiger charge is 2.25. The molecule has 1 rings (SSSR count). The van der Waals surface area contributed by atoms with Crippen LogP contribution in [0.4, 0.5) is 4.79 Å². The van der Waals surface area contributed by atoms with Gasteiger partial charge in [0.25, 0.3) is 0 Å². The van der Waals surface area contributed by atoms with Crippen molar-refractivity contribution in [2.24, 2.45) is 5.92 Å². The second-order valence-electron chi connectivity index (χ2n) is 5.89. The van der Waals surface area contributed by atoms with E-state index in [4.69, 9.17) is 9.84 Å². The molecular formula is C13H23NO4. The third-order valence-electron chi connectivity index (χ3n) is 3.04. The molecule has 5 heteroatoms. The number of carboxylic acids is 1. The number of hydrogen-bond donors (Lipinski definition) is 2. The molecule has 0 aliphatic heterocycles. The van der Waals surface area contributed by atoms with Gasteiger partial charge in [-0.1, -0.05) is 6.42 Å². The molecular weight excluding hydrogens is 234 g/mol. The predicted molar refractivity (Wildman–Crippen MR) is 67.4 cm³/mol. The second kappa shape index (κ2) is 6.07. The highest BCUT2D eigenvalue weighted by Crippen LogP contribution is 2.23. The third kappa shape index (κ3) is 5.38. The van der Waals surface area contributed by atoms with Crippen molar-refractivity contribution in [3.8, 4) is 0 Å². The van der Waals surface area contributed by atoms with Gasteiger partial charge in [-0.3, -0.25) is 4.79 Å². The summed E-state index contributed by atoms with van der Waals surface area (Å²) in [5, 5.41) is 11.8. The van der Waals surface area contributed by atoms with Crippen molar-refractivity contribution in [1.82, 2.24) is 5.32 Å². The molecule has 0 aromatic carbocycles. The zero-order chi connectivity index (χ0) is 13.8. The number of rotatable bonds is 2. The molecule has 104 valence electrons. The van der Waals surface area contributed by atoms with Crippen molar-refractivity contribution < 1.29 is 19.4 Å². The summed E-state index contributed by atoms with van der Waals surface area (Å²) in [7, 11) is 0. The first kappa shape index (κ1) is 14.8. The lowest BCUT2D eigenvalue weighted by Crippen LogP contribution is -2.38. The van der Waals surface area contributed by atoms with E-state index in [1.807, 2.05) is 20.8 Å². The molecule has 0 saturated heterocycles. The molecule has 1 saturated carbocycles. The van der Waals surface area contributed by atoms with Gasteiger partial charge in [0.15, 0.2) is 0 Å². The normalized spacial score (nSPS) is 25.1.